The Morgan fingerprint density at radius 1 is 1.00 bits per heavy atom. The van der Waals surface area contributed by atoms with Gasteiger partial charge in [-0.05, 0) is 46.5 Å². The fraction of sp³-hybridized carbons (Fsp3) is 0.154. The summed E-state index contributed by atoms with van der Waals surface area (Å²) in [5.41, 5.74) is 2.82. The lowest BCUT2D eigenvalue weighted by atomic mass is 10.0. The van der Waals surface area contributed by atoms with Crippen LogP contribution in [-0.2, 0) is 6.54 Å². The Hall–Kier alpha value is -3.44. The number of furan rings is 1. The minimum absolute atomic E-state index is 0.0849. The molecule has 0 spiro atoms. The van der Waals surface area contributed by atoms with Crippen LogP contribution >= 0.6 is 11.3 Å². The lowest BCUT2D eigenvalue weighted by Gasteiger charge is -2.20. The molecule has 5 aromatic rings. The first-order chi connectivity index (χ1) is 15.1. The molecule has 0 bridgehead atoms. The second-order valence-electron chi connectivity index (χ2n) is 7.84. The predicted molar refractivity (Wildman–Crippen MR) is 127 cm³/mol. The van der Waals surface area contributed by atoms with Crippen LogP contribution in [-0.4, -0.2) is 10.9 Å². The zero-order valence-corrected chi connectivity index (χ0v) is 18.2. The minimum Gasteiger partial charge on any atom is -0.467 e. The Balaban J connectivity index is 1.65. The van der Waals surface area contributed by atoms with Crippen LogP contribution in [0.4, 0.5) is 5.13 Å². The van der Waals surface area contributed by atoms with Gasteiger partial charge in [0.2, 0.25) is 0 Å². The number of amides is 1. The number of carbonyl (C=O) groups excluding carboxylic acids is 1. The number of hydrogen-bond donors (Lipinski definition) is 0. The molecule has 0 N–H and O–H groups in total. The number of hydrogen-bond acceptors (Lipinski definition) is 4. The summed E-state index contributed by atoms with van der Waals surface area (Å²) >= 11 is 1.54. The number of thiazole rings is 1. The topological polar surface area (TPSA) is 46.3 Å². The Bertz CT molecular complexity index is 1360. The molecule has 2 aromatic heterocycles. The van der Waals surface area contributed by atoms with E-state index < -0.39 is 0 Å². The van der Waals surface area contributed by atoms with Gasteiger partial charge in [-0.15, -0.1) is 0 Å². The van der Waals surface area contributed by atoms with Crippen molar-refractivity contribution in [2.24, 2.45) is 0 Å². The van der Waals surface area contributed by atoms with E-state index in [1.54, 1.807) is 11.2 Å². The van der Waals surface area contributed by atoms with Crippen LogP contribution in [0, 0.1) is 0 Å². The van der Waals surface area contributed by atoms with Crippen LogP contribution in [0.15, 0.2) is 83.5 Å². The average Bonchev–Trinajstić information content (AvgIpc) is 3.45. The number of benzene rings is 3. The van der Waals surface area contributed by atoms with Gasteiger partial charge in [-0.3, -0.25) is 9.69 Å². The number of rotatable bonds is 5. The maximum absolute atomic E-state index is 13.8. The number of para-hydroxylation sites is 1. The monoisotopic (exact) mass is 426 g/mol. The molecule has 5 heteroatoms. The highest BCUT2D eigenvalue weighted by Gasteiger charge is 2.24. The molecule has 0 aliphatic rings. The highest BCUT2D eigenvalue weighted by molar-refractivity contribution is 7.22. The van der Waals surface area contributed by atoms with Crippen LogP contribution in [0.5, 0.6) is 0 Å². The van der Waals surface area contributed by atoms with E-state index in [0.29, 0.717) is 23.2 Å². The van der Waals surface area contributed by atoms with Crippen LogP contribution in [0.2, 0.25) is 0 Å². The summed E-state index contributed by atoms with van der Waals surface area (Å²) in [4.78, 5) is 20.5. The van der Waals surface area contributed by atoms with Gasteiger partial charge < -0.3 is 4.42 Å². The van der Waals surface area contributed by atoms with E-state index in [1.807, 2.05) is 54.6 Å². The SMILES string of the molecule is CC(C)c1cccc2sc(N(Cc3ccco3)C(=O)c3cccc4ccccc34)nc12. The van der Waals surface area contributed by atoms with E-state index in [2.05, 4.69) is 32.0 Å². The van der Waals surface area contributed by atoms with Crippen molar-refractivity contribution in [2.45, 2.75) is 26.3 Å². The summed E-state index contributed by atoms with van der Waals surface area (Å²) in [5.74, 6) is 0.987. The van der Waals surface area contributed by atoms with E-state index in [9.17, 15) is 4.79 Å². The van der Waals surface area contributed by atoms with E-state index >= 15 is 0 Å². The molecule has 0 saturated heterocycles. The quantitative estimate of drug-likeness (QED) is 0.303. The second kappa shape index (κ2) is 8.00. The standard InChI is InChI=1S/C26H22N2O2S/c1-17(2)20-12-6-14-23-24(20)27-26(31-23)28(16-19-10-7-15-30-19)25(29)22-13-5-9-18-8-3-4-11-21(18)22/h3-15,17H,16H2,1-2H3. The van der Waals surface area contributed by atoms with Crippen LogP contribution in [0.3, 0.4) is 0 Å². The molecular weight excluding hydrogens is 404 g/mol. The lowest BCUT2D eigenvalue weighted by molar-refractivity contribution is 0.0985. The fourth-order valence-electron chi connectivity index (χ4n) is 3.88. The Labute approximate surface area is 184 Å². The fourth-order valence-corrected chi connectivity index (χ4v) is 4.88. The zero-order valence-electron chi connectivity index (χ0n) is 17.4. The van der Waals surface area contributed by atoms with E-state index in [4.69, 9.17) is 9.40 Å². The third-order valence-corrected chi connectivity index (χ3v) is 6.49. The second-order valence-corrected chi connectivity index (χ2v) is 8.85. The van der Waals surface area contributed by atoms with Crippen LogP contribution in [0.25, 0.3) is 21.0 Å². The molecule has 31 heavy (non-hydrogen) atoms. The molecule has 0 atom stereocenters. The van der Waals surface area contributed by atoms with Crippen LogP contribution in [0.1, 0.15) is 41.4 Å². The molecular formula is C26H22N2O2S. The zero-order chi connectivity index (χ0) is 21.4. The maximum atomic E-state index is 13.8. The van der Waals surface area contributed by atoms with Crippen molar-refractivity contribution in [3.8, 4) is 0 Å². The molecule has 3 aromatic carbocycles. The maximum Gasteiger partial charge on any atom is 0.261 e. The molecule has 0 fully saturated rings. The van der Waals surface area contributed by atoms with E-state index in [1.165, 1.54) is 16.9 Å². The third-order valence-electron chi connectivity index (χ3n) is 5.45. The number of anilines is 1. The first kappa shape index (κ1) is 19.5. The lowest BCUT2D eigenvalue weighted by Crippen LogP contribution is -2.30. The van der Waals surface area contributed by atoms with Crippen LogP contribution < -0.4 is 4.90 Å². The van der Waals surface area contributed by atoms with Gasteiger partial charge in [0, 0.05) is 5.56 Å². The summed E-state index contributed by atoms with van der Waals surface area (Å²) in [5, 5.41) is 2.65. The van der Waals surface area contributed by atoms with E-state index in [-0.39, 0.29) is 5.91 Å². The first-order valence-corrected chi connectivity index (χ1v) is 11.1. The number of fused-ring (bicyclic) bond motifs is 2. The van der Waals surface area contributed by atoms with Crippen molar-refractivity contribution in [3.05, 3.63) is 95.9 Å². The molecule has 0 aliphatic carbocycles. The van der Waals surface area contributed by atoms with Gasteiger partial charge in [-0.1, -0.05) is 73.7 Å². The number of carbonyl (C=O) groups is 1. The largest absolute Gasteiger partial charge is 0.467 e. The highest BCUT2D eigenvalue weighted by Crippen LogP contribution is 2.35. The van der Waals surface area contributed by atoms with Gasteiger partial charge >= 0.3 is 0 Å². The molecule has 4 nitrogen and oxygen atoms in total. The van der Waals surface area contributed by atoms with Gasteiger partial charge in [0.05, 0.1) is 23.0 Å². The average molecular weight is 427 g/mol. The summed E-state index contributed by atoms with van der Waals surface area (Å²) in [6.45, 7) is 4.65. The molecule has 0 unspecified atom stereocenters. The van der Waals surface area contributed by atoms with Crippen molar-refractivity contribution >= 4 is 43.4 Å². The van der Waals surface area contributed by atoms with Crippen molar-refractivity contribution < 1.29 is 9.21 Å². The Morgan fingerprint density at radius 3 is 2.61 bits per heavy atom. The smallest absolute Gasteiger partial charge is 0.261 e. The molecule has 0 radical (unpaired) electrons. The normalized spacial score (nSPS) is 11.5. The van der Waals surface area contributed by atoms with E-state index in [0.717, 1.165) is 26.7 Å². The third kappa shape index (κ3) is 3.62. The van der Waals surface area contributed by atoms with Crippen molar-refractivity contribution in [3.63, 3.8) is 0 Å². The van der Waals surface area contributed by atoms with Gasteiger partial charge in [0.1, 0.15) is 5.76 Å². The van der Waals surface area contributed by atoms with Crippen molar-refractivity contribution in [1.29, 1.82) is 0 Å². The molecule has 2 heterocycles. The van der Waals surface area contributed by atoms with Gasteiger partial charge in [0.15, 0.2) is 5.13 Å². The minimum atomic E-state index is -0.0849. The van der Waals surface area contributed by atoms with Gasteiger partial charge in [-0.2, -0.15) is 0 Å². The molecule has 1 amide bonds. The summed E-state index contributed by atoms with van der Waals surface area (Å²) < 4.78 is 6.66. The summed E-state index contributed by atoms with van der Waals surface area (Å²) in [6, 6.07) is 23.7. The predicted octanol–water partition coefficient (Wildman–Crippen LogP) is 7.01. The molecule has 154 valence electrons. The van der Waals surface area contributed by atoms with Gasteiger partial charge in [-0.25, -0.2) is 4.98 Å². The molecule has 0 saturated carbocycles. The Kier molecular flexibility index (Phi) is 5.04. The van der Waals surface area contributed by atoms with Crippen molar-refractivity contribution in [1.82, 2.24) is 4.98 Å². The summed E-state index contributed by atoms with van der Waals surface area (Å²) in [7, 11) is 0. The Morgan fingerprint density at radius 2 is 1.81 bits per heavy atom. The van der Waals surface area contributed by atoms with Gasteiger partial charge in [0.25, 0.3) is 5.91 Å². The molecule has 0 aliphatic heterocycles. The number of aromatic nitrogens is 1. The number of nitrogens with zero attached hydrogens (tertiary/aromatic N) is 2. The molecule has 5 rings (SSSR count). The highest BCUT2D eigenvalue weighted by atomic mass is 32.1. The van der Waals surface area contributed by atoms with Crippen molar-refractivity contribution in [2.75, 3.05) is 4.90 Å². The summed E-state index contributed by atoms with van der Waals surface area (Å²) in [6.07, 6.45) is 1.63. The first-order valence-electron chi connectivity index (χ1n) is 10.3.